The molecule has 0 radical (unpaired) electrons. The number of rotatable bonds is 4. The molecule has 0 N–H and O–H groups in total. The van der Waals surface area contributed by atoms with Crippen molar-refractivity contribution < 1.29 is 9.13 Å². The van der Waals surface area contributed by atoms with Gasteiger partial charge in [-0.2, -0.15) is 5.26 Å². The van der Waals surface area contributed by atoms with Crippen LogP contribution in [0.25, 0.3) is 0 Å². The van der Waals surface area contributed by atoms with Crippen LogP contribution in [0.5, 0.6) is 5.75 Å². The minimum Gasteiger partial charge on any atom is -0.497 e. The number of methoxy groups -OCH3 is 1. The Morgan fingerprint density at radius 1 is 1.21 bits per heavy atom. The lowest BCUT2D eigenvalue weighted by atomic mass is 9.93. The van der Waals surface area contributed by atoms with E-state index in [1.807, 2.05) is 24.3 Å². The molecule has 0 saturated heterocycles. The highest BCUT2D eigenvalue weighted by atomic mass is 19.1. The van der Waals surface area contributed by atoms with Crippen LogP contribution in [-0.2, 0) is 6.42 Å². The topological polar surface area (TPSA) is 33.0 Å². The van der Waals surface area contributed by atoms with E-state index in [4.69, 9.17) is 4.74 Å². The summed E-state index contributed by atoms with van der Waals surface area (Å²) in [5, 5.41) is 9.24. The number of nitriles is 1. The average molecular weight is 255 g/mol. The highest BCUT2D eigenvalue weighted by molar-refractivity contribution is 5.32. The van der Waals surface area contributed by atoms with Gasteiger partial charge < -0.3 is 4.74 Å². The van der Waals surface area contributed by atoms with Crippen LogP contribution >= 0.6 is 0 Å². The van der Waals surface area contributed by atoms with E-state index in [-0.39, 0.29) is 11.7 Å². The molecule has 0 heterocycles. The van der Waals surface area contributed by atoms with Gasteiger partial charge in [-0.25, -0.2) is 4.39 Å². The molecule has 96 valence electrons. The Morgan fingerprint density at radius 2 is 1.95 bits per heavy atom. The molecular formula is C16H14FNO. The summed E-state index contributed by atoms with van der Waals surface area (Å²) >= 11 is 0. The molecule has 19 heavy (non-hydrogen) atoms. The number of hydrogen-bond acceptors (Lipinski definition) is 2. The third-order valence-electron chi connectivity index (χ3n) is 3.01. The van der Waals surface area contributed by atoms with Gasteiger partial charge in [-0.05, 0) is 41.8 Å². The van der Waals surface area contributed by atoms with Crippen LogP contribution in [0.15, 0.2) is 48.5 Å². The van der Waals surface area contributed by atoms with Gasteiger partial charge in [-0.15, -0.1) is 0 Å². The van der Waals surface area contributed by atoms with Gasteiger partial charge in [0.25, 0.3) is 0 Å². The summed E-state index contributed by atoms with van der Waals surface area (Å²) in [6.45, 7) is 0. The molecular weight excluding hydrogens is 241 g/mol. The van der Waals surface area contributed by atoms with E-state index in [1.165, 1.54) is 12.1 Å². The molecule has 0 bridgehead atoms. The van der Waals surface area contributed by atoms with Crippen LogP contribution in [0.4, 0.5) is 4.39 Å². The molecule has 2 aromatic carbocycles. The lowest BCUT2D eigenvalue weighted by molar-refractivity contribution is 0.414. The second kappa shape index (κ2) is 6.01. The Morgan fingerprint density at radius 3 is 2.53 bits per heavy atom. The maximum absolute atomic E-state index is 13.2. The lowest BCUT2D eigenvalue weighted by Gasteiger charge is -2.10. The summed E-state index contributed by atoms with van der Waals surface area (Å²) in [4.78, 5) is 0. The van der Waals surface area contributed by atoms with Crippen LogP contribution in [-0.4, -0.2) is 7.11 Å². The molecule has 2 aromatic rings. The summed E-state index contributed by atoms with van der Waals surface area (Å²) in [6.07, 6.45) is 0.559. The maximum atomic E-state index is 13.2. The molecule has 1 unspecified atom stereocenters. The first kappa shape index (κ1) is 13.1. The Bertz CT molecular complexity index is 586. The predicted octanol–water partition coefficient (Wildman–Crippen LogP) is 3.68. The highest BCUT2D eigenvalue weighted by Gasteiger charge is 2.12. The van der Waals surface area contributed by atoms with Crippen molar-refractivity contribution in [3.8, 4) is 11.8 Å². The second-order valence-corrected chi connectivity index (χ2v) is 4.29. The number of benzene rings is 2. The van der Waals surface area contributed by atoms with Crippen molar-refractivity contribution in [2.75, 3.05) is 7.11 Å². The van der Waals surface area contributed by atoms with E-state index < -0.39 is 0 Å². The molecule has 2 nitrogen and oxygen atoms in total. The largest absolute Gasteiger partial charge is 0.497 e. The van der Waals surface area contributed by atoms with Crippen molar-refractivity contribution >= 4 is 0 Å². The zero-order valence-corrected chi connectivity index (χ0v) is 10.6. The van der Waals surface area contributed by atoms with Gasteiger partial charge in [0.05, 0.1) is 19.1 Å². The summed E-state index contributed by atoms with van der Waals surface area (Å²) in [6, 6.07) is 16.0. The van der Waals surface area contributed by atoms with Crippen molar-refractivity contribution in [1.29, 1.82) is 5.26 Å². The van der Waals surface area contributed by atoms with Gasteiger partial charge in [-0.1, -0.05) is 24.3 Å². The van der Waals surface area contributed by atoms with Gasteiger partial charge in [0.2, 0.25) is 0 Å². The number of halogens is 1. The molecule has 0 spiro atoms. The lowest BCUT2D eigenvalue weighted by Crippen LogP contribution is -2.01. The number of nitrogens with zero attached hydrogens (tertiary/aromatic N) is 1. The molecule has 0 aliphatic rings. The number of hydrogen-bond donors (Lipinski definition) is 0. The Balaban J connectivity index is 2.17. The molecule has 0 aliphatic heterocycles. The first-order valence-electron chi connectivity index (χ1n) is 6.01. The van der Waals surface area contributed by atoms with Gasteiger partial charge in [-0.3, -0.25) is 0 Å². The summed E-state index contributed by atoms with van der Waals surface area (Å²) in [7, 11) is 1.61. The molecule has 1 atom stereocenters. The zero-order chi connectivity index (χ0) is 13.7. The second-order valence-electron chi connectivity index (χ2n) is 4.29. The molecule has 2 rings (SSSR count). The van der Waals surface area contributed by atoms with E-state index in [0.29, 0.717) is 12.0 Å². The van der Waals surface area contributed by atoms with Crippen molar-refractivity contribution in [1.82, 2.24) is 0 Å². The van der Waals surface area contributed by atoms with Crippen molar-refractivity contribution in [2.45, 2.75) is 12.3 Å². The Labute approximate surface area is 112 Å². The average Bonchev–Trinajstić information content (AvgIpc) is 2.45. The van der Waals surface area contributed by atoms with Crippen molar-refractivity contribution in [3.05, 3.63) is 65.5 Å². The zero-order valence-electron chi connectivity index (χ0n) is 10.6. The molecule has 3 heteroatoms. The molecule has 0 fully saturated rings. The first-order chi connectivity index (χ1) is 9.22. The smallest absolute Gasteiger partial charge is 0.123 e. The van der Waals surface area contributed by atoms with E-state index in [0.717, 1.165) is 11.3 Å². The molecule has 0 amide bonds. The van der Waals surface area contributed by atoms with Crippen LogP contribution in [0, 0.1) is 17.1 Å². The summed E-state index contributed by atoms with van der Waals surface area (Å²) < 4.78 is 18.3. The SMILES string of the molecule is COc1ccc(CC(C#N)c2cccc(F)c2)cc1. The minimum atomic E-state index is -0.343. The fourth-order valence-electron chi connectivity index (χ4n) is 1.96. The van der Waals surface area contributed by atoms with Crippen LogP contribution < -0.4 is 4.74 Å². The van der Waals surface area contributed by atoms with Crippen LogP contribution in [0.2, 0.25) is 0 Å². The van der Waals surface area contributed by atoms with E-state index in [9.17, 15) is 9.65 Å². The van der Waals surface area contributed by atoms with Gasteiger partial charge in [0, 0.05) is 0 Å². The van der Waals surface area contributed by atoms with E-state index >= 15 is 0 Å². The Hall–Kier alpha value is -2.34. The van der Waals surface area contributed by atoms with E-state index in [2.05, 4.69) is 6.07 Å². The third-order valence-corrected chi connectivity index (χ3v) is 3.01. The van der Waals surface area contributed by atoms with Gasteiger partial charge in [0.15, 0.2) is 0 Å². The van der Waals surface area contributed by atoms with Crippen LogP contribution in [0.1, 0.15) is 17.0 Å². The monoisotopic (exact) mass is 255 g/mol. The highest BCUT2D eigenvalue weighted by Crippen LogP contribution is 2.22. The Kier molecular flexibility index (Phi) is 4.15. The van der Waals surface area contributed by atoms with Crippen LogP contribution in [0.3, 0.4) is 0 Å². The maximum Gasteiger partial charge on any atom is 0.123 e. The fourth-order valence-corrected chi connectivity index (χ4v) is 1.96. The first-order valence-corrected chi connectivity index (χ1v) is 6.01. The molecule has 0 aliphatic carbocycles. The van der Waals surface area contributed by atoms with Crippen molar-refractivity contribution in [3.63, 3.8) is 0 Å². The third kappa shape index (κ3) is 3.32. The number of ether oxygens (including phenoxy) is 1. The van der Waals surface area contributed by atoms with Gasteiger partial charge in [0.1, 0.15) is 11.6 Å². The molecule has 0 saturated carbocycles. The molecule has 0 aromatic heterocycles. The summed E-state index contributed by atoms with van der Waals surface area (Å²) in [5.74, 6) is 0.125. The predicted molar refractivity (Wildman–Crippen MR) is 71.5 cm³/mol. The van der Waals surface area contributed by atoms with Gasteiger partial charge >= 0.3 is 0 Å². The summed E-state index contributed by atoms with van der Waals surface area (Å²) in [5.41, 5.74) is 1.73. The fraction of sp³-hybridized carbons (Fsp3) is 0.188. The minimum absolute atomic E-state index is 0.313. The van der Waals surface area contributed by atoms with Crippen molar-refractivity contribution in [2.24, 2.45) is 0 Å². The quantitative estimate of drug-likeness (QED) is 0.834. The normalized spacial score (nSPS) is 11.6. The van der Waals surface area contributed by atoms with E-state index in [1.54, 1.807) is 19.2 Å². The standard InChI is InChI=1S/C16H14FNO/c1-19-16-7-5-12(6-8-16)9-14(11-18)13-3-2-4-15(17)10-13/h2-8,10,14H,9H2,1H3.